The highest BCUT2D eigenvalue weighted by atomic mass is 14.9. The fourth-order valence-corrected chi connectivity index (χ4v) is 1.22. The van der Waals surface area contributed by atoms with Crippen LogP contribution >= 0.6 is 0 Å². The summed E-state index contributed by atoms with van der Waals surface area (Å²) in [6, 6.07) is 9.15. The first-order valence-corrected chi connectivity index (χ1v) is 4.99. The molecule has 0 saturated heterocycles. The Morgan fingerprint density at radius 1 is 1.25 bits per heavy atom. The minimum atomic E-state index is 0.407. The maximum Gasteiger partial charge on any atom is 0.101 e. The van der Waals surface area contributed by atoms with Gasteiger partial charge in [0.05, 0.1) is 11.1 Å². The molecule has 0 aliphatic carbocycles. The number of anilines is 1. The van der Waals surface area contributed by atoms with Gasteiger partial charge in [-0.1, -0.05) is 11.6 Å². The van der Waals surface area contributed by atoms with Gasteiger partial charge in [0, 0.05) is 12.2 Å². The third-order valence-electron chi connectivity index (χ3n) is 2.08. The molecule has 80 valence electrons. The molecule has 0 bridgehead atoms. The van der Waals surface area contributed by atoms with Crippen molar-refractivity contribution in [1.29, 1.82) is 10.5 Å². The highest BCUT2D eigenvalue weighted by Crippen LogP contribution is 2.14. The Hall–Kier alpha value is -2.26. The average Bonchev–Trinajstić information content (AvgIpc) is 2.28. The molecule has 0 fully saturated rings. The SMILES string of the molecule is CC(C)=CCNc1ccc(C#N)c(C#N)c1. The second-order valence-electron chi connectivity index (χ2n) is 3.65. The van der Waals surface area contributed by atoms with Crippen molar-refractivity contribution in [2.75, 3.05) is 11.9 Å². The molecule has 16 heavy (non-hydrogen) atoms. The second kappa shape index (κ2) is 5.58. The van der Waals surface area contributed by atoms with E-state index in [0.717, 1.165) is 12.2 Å². The van der Waals surface area contributed by atoms with Crippen LogP contribution in [0.1, 0.15) is 25.0 Å². The summed E-state index contributed by atoms with van der Waals surface area (Å²) in [5.74, 6) is 0. The topological polar surface area (TPSA) is 59.6 Å². The summed E-state index contributed by atoms with van der Waals surface area (Å²) in [7, 11) is 0. The molecule has 0 spiro atoms. The van der Waals surface area contributed by atoms with Crippen LogP contribution in [0.3, 0.4) is 0 Å². The van der Waals surface area contributed by atoms with Crippen LogP contribution in [0.25, 0.3) is 0 Å². The number of nitrogens with one attached hydrogen (secondary N) is 1. The predicted octanol–water partition coefficient (Wildman–Crippen LogP) is 2.81. The first-order chi connectivity index (χ1) is 7.67. The molecule has 0 heterocycles. The van der Waals surface area contributed by atoms with Crippen molar-refractivity contribution in [3.63, 3.8) is 0 Å². The highest BCUT2D eigenvalue weighted by Gasteiger charge is 2.01. The van der Waals surface area contributed by atoms with Gasteiger partial charge in [-0.3, -0.25) is 0 Å². The molecule has 0 aliphatic rings. The summed E-state index contributed by atoms with van der Waals surface area (Å²) in [6.45, 7) is 4.78. The molecule has 1 aromatic carbocycles. The fraction of sp³-hybridized carbons (Fsp3) is 0.231. The van der Waals surface area contributed by atoms with Gasteiger partial charge in [0.15, 0.2) is 0 Å². The molecule has 0 radical (unpaired) electrons. The molecule has 0 aromatic heterocycles. The van der Waals surface area contributed by atoms with Crippen LogP contribution in [-0.4, -0.2) is 6.54 Å². The first-order valence-electron chi connectivity index (χ1n) is 4.99. The van der Waals surface area contributed by atoms with E-state index >= 15 is 0 Å². The van der Waals surface area contributed by atoms with Crippen LogP contribution in [-0.2, 0) is 0 Å². The number of nitriles is 2. The van der Waals surface area contributed by atoms with Gasteiger partial charge < -0.3 is 5.32 Å². The Kier molecular flexibility index (Phi) is 4.12. The Morgan fingerprint density at radius 3 is 2.50 bits per heavy atom. The van der Waals surface area contributed by atoms with E-state index in [0.29, 0.717) is 11.1 Å². The lowest BCUT2D eigenvalue weighted by Gasteiger charge is -2.04. The lowest BCUT2D eigenvalue weighted by atomic mass is 10.1. The summed E-state index contributed by atoms with van der Waals surface area (Å²) >= 11 is 0. The van der Waals surface area contributed by atoms with E-state index in [4.69, 9.17) is 10.5 Å². The summed E-state index contributed by atoms with van der Waals surface area (Å²) in [5, 5.41) is 20.8. The van der Waals surface area contributed by atoms with Gasteiger partial charge in [0.25, 0.3) is 0 Å². The summed E-state index contributed by atoms with van der Waals surface area (Å²) in [4.78, 5) is 0. The summed E-state index contributed by atoms with van der Waals surface area (Å²) in [5.41, 5.74) is 2.91. The van der Waals surface area contributed by atoms with E-state index in [-0.39, 0.29) is 0 Å². The molecule has 0 saturated carbocycles. The van der Waals surface area contributed by atoms with Gasteiger partial charge in [0.1, 0.15) is 12.1 Å². The van der Waals surface area contributed by atoms with Crippen LogP contribution in [0, 0.1) is 22.7 Å². The minimum absolute atomic E-state index is 0.407. The zero-order chi connectivity index (χ0) is 12.0. The molecular weight excluding hydrogens is 198 g/mol. The number of rotatable bonds is 3. The zero-order valence-corrected chi connectivity index (χ0v) is 9.41. The molecule has 0 atom stereocenters. The van der Waals surface area contributed by atoms with Crippen LogP contribution in [0.15, 0.2) is 29.8 Å². The third-order valence-corrected chi connectivity index (χ3v) is 2.08. The van der Waals surface area contributed by atoms with E-state index in [1.807, 2.05) is 26.0 Å². The van der Waals surface area contributed by atoms with Crippen molar-refractivity contribution in [3.8, 4) is 12.1 Å². The molecule has 0 aliphatic heterocycles. The third kappa shape index (κ3) is 3.15. The van der Waals surface area contributed by atoms with E-state index in [1.54, 1.807) is 18.2 Å². The fourth-order valence-electron chi connectivity index (χ4n) is 1.22. The molecule has 1 rings (SSSR count). The normalized spacial score (nSPS) is 8.75. The van der Waals surface area contributed by atoms with Crippen LogP contribution in [0.5, 0.6) is 0 Å². The van der Waals surface area contributed by atoms with Crippen molar-refractivity contribution in [3.05, 3.63) is 41.0 Å². The molecule has 0 unspecified atom stereocenters. The van der Waals surface area contributed by atoms with Gasteiger partial charge in [0.2, 0.25) is 0 Å². The molecule has 3 heteroatoms. The lowest BCUT2D eigenvalue weighted by Crippen LogP contribution is -1.99. The van der Waals surface area contributed by atoms with E-state index in [1.165, 1.54) is 5.57 Å². The van der Waals surface area contributed by atoms with Crippen molar-refractivity contribution >= 4 is 5.69 Å². The Balaban J connectivity index is 2.82. The molecule has 1 N–H and O–H groups in total. The Morgan fingerprint density at radius 2 is 1.94 bits per heavy atom. The second-order valence-corrected chi connectivity index (χ2v) is 3.65. The molecule has 1 aromatic rings. The number of benzene rings is 1. The first kappa shape index (κ1) is 11.8. The van der Waals surface area contributed by atoms with Crippen molar-refractivity contribution in [2.45, 2.75) is 13.8 Å². The largest absolute Gasteiger partial charge is 0.382 e. The maximum absolute atomic E-state index is 8.85. The van der Waals surface area contributed by atoms with E-state index < -0.39 is 0 Å². The number of nitrogens with zero attached hydrogens (tertiary/aromatic N) is 2. The number of hydrogen-bond donors (Lipinski definition) is 1. The smallest absolute Gasteiger partial charge is 0.101 e. The van der Waals surface area contributed by atoms with Gasteiger partial charge in [-0.05, 0) is 32.0 Å². The molecular formula is C13H13N3. The quantitative estimate of drug-likeness (QED) is 0.782. The predicted molar refractivity (Wildman–Crippen MR) is 63.8 cm³/mol. The summed E-state index contributed by atoms with van der Waals surface area (Å²) in [6.07, 6.45) is 2.06. The average molecular weight is 211 g/mol. The lowest BCUT2D eigenvalue weighted by molar-refractivity contribution is 1.26. The van der Waals surface area contributed by atoms with Crippen LogP contribution in [0.2, 0.25) is 0 Å². The van der Waals surface area contributed by atoms with Gasteiger partial charge in [-0.15, -0.1) is 0 Å². The Labute approximate surface area is 95.6 Å². The van der Waals surface area contributed by atoms with Gasteiger partial charge in [-0.25, -0.2) is 0 Å². The van der Waals surface area contributed by atoms with Crippen LogP contribution < -0.4 is 5.32 Å². The van der Waals surface area contributed by atoms with E-state index in [2.05, 4.69) is 11.4 Å². The van der Waals surface area contributed by atoms with Crippen molar-refractivity contribution < 1.29 is 0 Å². The molecule has 3 nitrogen and oxygen atoms in total. The zero-order valence-electron chi connectivity index (χ0n) is 9.41. The Bertz CT molecular complexity index is 483. The minimum Gasteiger partial charge on any atom is -0.382 e. The standard InChI is InChI=1S/C13H13N3/c1-10(2)5-6-16-13-4-3-11(8-14)12(7-13)9-15/h3-5,7,16H,6H2,1-2H3. The van der Waals surface area contributed by atoms with Crippen molar-refractivity contribution in [2.24, 2.45) is 0 Å². The van der Waals surface area contributed by atoms with Crippen molar-refractivity contribution in [1.82, 2.24) is 0 Å². The highest BCUT2D eigenvalue weighted by molar-refractivity contribution is 5.56. The summed E-state index contributed by atoms with van der Waals surface area (Å²) < 4.78 is 0. The van der Waals surface area contributed by atoms with Gasteiger partial charge >= 0.3 is 0 Å². The van der Waals surface area contributed by atoms with Gasteiger partial charge in [-0.2, -0.15) is 10.5 Å². The number of hydrogen-bond acceptors (Lipinski definition) is 3. The maximum atomic E-state index is 8.85. The monoisotopic (exact) mass is 211 g/mol. The number of allylic oxidation sites excluding steroid dienone is 1. The van der Waals surface area contributed by atoms with Crippen LogP contribution in [0.4, 0.5) is 5.69 Å². The molecule has 0 amide bonds. The van der Waals surface area contributed by atoms with E-state index in [9.17, 15) is 0 Å².